The van der Waals surface area contributed by atoms with E-state index in [4.69, 9.17) is 5.11 Å². The molecule has 6 heteroatoms. The Morgan fingerprint density at radius 3 is 2.55 bits per heavy atom. The van der Waals surface area contributed by atoms with Gasteiger partial charge < -0.3 is 5.11 Å². The molecule has 6 nitrogen and oxygen atoms in total. The van der Waals surface area contributed by atoms with Crippen molar-refractivity contribution in [2.75, 3.05) is 6.54 Å². The van der Waals surface area contributed by atoms with E-state index in [0.717, 1.165) is 5.56 Å². The summed E-state index contributed by atoms with van der Waals surface area (Å²) in [6.07, 6.45) is 0.617. The van der Waals surface area contributed by atoms with Crippen LogP contribution in [0.25, 0.3) is 0 Å². The maximum atomic E-state index is 11.7. The summed E-state index contributed by atoms with van der Waals surface area (Å²) in [4.78, 5) is 35.7. The predicted octanol–water partition coefficient (Wildman–Crippen LogP) is 0.622. The highest BCUT2D eigenvalue weighted by Gasteiger charge is 2.32. The second-order valence-corrected chi connectivity index (χ2v) is 4.74. The number of piperazine rings is 1. The molecular weight excluding hydrogens is 260 g/mol. The number of nitrogens with zero attached hydrogens (tertiary/aromatic N) is 1. The normalized spacial score (nSPS) is 19.8. The standard InChI is InChI=1S/C14H16N2O4/c1-2-11-13(18)15-12(17)8-16(11)7-9-3-5-10(6-4-9)14(19)20/h3-6,11H,2,7-8H2,1H3,(H,19,20)(H,15,17,18). The summed E-state index contributed by atoms with van der Waals surface area (Å²) < 4.78 is 0. The van der Waals surface area contributed by atoms with Crippen LogP contribution in [0.4, 0.5) is 0 Å². The fourth-order valence-corrected chi connectivity index (χ4v) is 2.32. The van der Waals surface area contributed by atoms with Crippen molar-refractivity contribution in [1.82, 2.24) is 10.2 Å². The second kappa shape index (κ2) is 5.83. The molecule has 0 radical (unpaired) electrons. The third-order valence-electron chi connectivity index (χ3n) is 3.33. The summed E-state index contributed by atoms with van der Waals surface area (Å²) in [5.74, 6) is -1.55. The van der Waals surface area contributed by atoms with E-state index < -0.39 is 5.97 Å². The van der Waals surface area contributed by atoms with Crippen LogP contribution in [0.1, 0.15) is 29.3 Å². The smallest absolute Gasteiger partial charge is 0.335 e. The van der Waals surface area contributed by atoms with E-state index in [1.54, 1.807) is 17.0 Å². The topological polar surface area (TPSA) is 86.7 Å². The molecule has 1 aliphatic rings. The van der Waals surface area contributed by atoms with Gasteiger partial charge >= 0.3 is 5.97 Å². The molecule has 106 valence electrons. The van der Waals surface area contributed by atoms with Gasteiger partial charge in [-0.2, -0.15) is 0 Å². The van der Waals surface area contributed by atoms with Crippen molar-refractivity contribution < 1.29 is 19.5 Å². The number of aromatic carboxylic acids is 1. The third-order valence-corrected chi connectivity index (χ3v) is 3.33. The Morgan fingerprint density at radius 2 is 2.00 bits per heavy atom. The van der Waals surface area contributed by atoms with Crippen LogP contribution in [0.3, 0.4) is 0 Å². The number of imide groups is 1. The molecule has 1 fully saturated rings. The van der Waals surface area contributed by atoms with Crippen LogP contribution in [0.5, 0.6) is 0 Å². The zero-order valence-corrected chi connectivity index (χ0v) is 11.1. The molecule has 0 bridgehead atoms. The van der Waals surface area contributed by atoms with Crippen LogP contribution in [0.15, 0.2) is 24.3 Å². The number of benzene rings is 1. The largest absolute Gasteiger partial charge is 0.478 e. The first-order chi connectivity index (χ1) is 9.51. The summed E-state index contributed by atoms with van der Waals surface area (Å²) in [7, 11) is 0. The van der Waals surface area contributed by atoms with Crippen molar-refractivity contribution in [3.8, 4) is 0 Å². The van der Waals surface area contributed by atoms with Crippen LogP contribution in [-0.2, 0) is 16.1 Å². The molecule has 0 saturated carbocycles. The molecule has 2 rings (SSSR count). The molecule has 0 aromatic heterocycles. The number of hydrogen-bond donors (Lipinski definition) is 2. The van der Waals surface area contributed by atoms with E-state index in [2.05, 4.69) is 5.32 Å². The molecule has 0 spiro atoms. The Morgan fingerprint density at radius 1 is 1.35 bits per heavy atom. The van der Waals surface area contributed by atoms with E-state index in [1.807, 2.05) is 6.92 Å². The fraction of sp³-hybridized carbons (Fsp3) is 0.357. The summed E-state index contributed by atoms with van der Waals surface area (Å²) in [5, 5.41) is 11.2. The predicted molar refractivity (Wildman–Crippen MR) is 71.0 cm³/mol. The monoisotopic (exact) mass is 276 g/mol. The summed E-state index contributed by atoms with van der Waals surface area (Å²) in [6, 6.07) is 6.11. The molecular formula is C14H16N2O4. The van der Waals surface area contributed by atoms with Gasteiger partial charge in [0.05, 0.1) is 18.2 Å². The third kappa shape index (κ3) is 3.03. The summed E-state index contributed by atoms with van der Waals surface area (Å²) in [5.41, 5.74) is 1.09. The molecule has 2 N–H and O–H groups in total. The second-order valence-electron chi connectivity index (χ2n) is 4.74. The number of carboxylic acids is 1. The molecule has 1 heterocycles. The van der Waals surface area contributed by atoms with Crippen LogP contribution < -0.4 is 5.32 Å². The van der Waals surface area contributed by atoms with Crippen molar-refractivity contribution >= 4 is 17.8 Å². The van der Waals surface area contributed by atoms with E-state index in [1.165, 1.54) is 12.1 Å². The highest BCUT2D eigenvalue weighted by Crippen LogP contribution is 2.14. The van der Waals surface area contributed by atoms with E-state index in [9.17, 15) is 14.4 Å². The number of carbonyl (C=O) groups is 3. The first-order valence-electron chi connectivity index (χ1n) is 6.41. The number of amides is 2. The Labute approximate surface area is 116 Å². The molecule has 1 atom stereocenters. The van der Waals surface area contributed by atoms with Gasteiger partial charge in [0.2, 0.25) is 11.8 Å². The number of rotatable bonds is 4. The Balaban J connectivity index is 2.12. The molecule has 1 aromatic carbocycles. The van der Waals surface area contributed by atoms with E-state index in [0.29, 0.717) is 13.0 Å². The summed E-state index contributed by atoms with van der Waals surface area (Å²) >= 11 is 0. The van der Waals surface area contributed by atoms with Crippen LogP contribution in [-0.4, -0.2) is 40.4 Å². The Kier molecular flexibility index (Phi) is 4.14. The van der Waals surface area contributed by atoms with E-state index in [-0.39, 0.29) is 30.0 Å². The molecule has 1 aromatic rings. The molecule has 1 unspecified atom stereocenters. The van der Waals surface area contributed by atoms with Gasteiger partial charge in [0.25, 0.3) is 0 Å². The maximum Gasteiger partial charge on any atom is 0.335 e. The first kappa shape index (κ1) is 14.2. The summed E-state index contributed by atoms with van der Waals surface area (Å²) in [6.45, 7) is 2.50. The highest BCUT2D eigenvalue weighted by molar-refractivity contribution is 6.01. The van der Waals surface area contributed by atoms with Crippen LogP contribution in [0.2, 0.25) is 0 Å². The lowest BCUT2D eigenvalue weighted by atomic mass is 10.1. The minimum atomic E-state index is -0.976. The lowest BCUT2D eigenvalue weighted by Crippen LogP contribution is -2.57. The fourth-order valence-electron chi connectivity index (χ4n) is 2.32. The molecule has 2 amide bonds. The van der Waals surface area contributed by atoms with Gasteiger partial charge in [0.15, 0.2) is 0 Å². The highest BCUT2D eigenvalue weighted by atomic mass is 16.4. The lowest BCUT2D eigenvalue weighted by molar-refractivity contribution is -0.140. The average molecular weight is 276 g/mol. The van der Waals surface area contributed by atoms with Gasteiger partial charge in [-0.05, 0) is 24.1 Å². The van der Waals surface area contributed by atoms with Gasteiger partial charge in [-0.25, -0.2) is 4.79 Å². The zero-order chi connectivity index (χ0) is 14.7. The maximum absolute atomic E-state index is 11.7. The molecule has 0 aliphatic carbocycles. The quantitative estimate of drug-likeness (QED) is 0.787. The van der Waals surface area contributed by atoms with Gasteiger partial charge in [0, 0.05) is 6.54 Å². The number of carbonyl (C=O) groups excluding carboxylic acids is 2. The van der Waals surface area contributed by atoms with E-state index >= 15 is 0 Å². The van der Waals surface area contributed by atoms with Crippen molar-refractivity contribution in [3.05, 3.63) is 35.4 Å². The van der Waals surface area contributed by atoms with Gasteiger partial charge in [-0.1, -0.05) is 19.1 Å². The van der Waals surface area contributed by atoms with Crippen molar-refractivity contribution in [3.63, 3.8) is 0 Å². The molecule has 1 aliphatic heterocycles. The Hall–Kier alpha value is -2.21. The van der Waals surface area contributed by atoms with Crippen molar-refractivity contribution in [2.24, 2.45) is 0 Å². The zero-order valence-electron chi connectivity index (χ0n) is 11.1. The lowest BCUT2D eigenvalue weighted by Gasteiger charge is -2.33. The number of nitrogens with one attached hydrogen (secondary N) is 1. The number of carboxylic acid groups (broad SMARTS) is 1. The van der Waals surface area contributed by atoms with Gasteiger partial charge in [0.1, 0.15) is 0 Å². The van der Waals surface area contributed by atoms with Gasteiger partial charge in [-0.3, -0.25) is 19.8 Å². The van der Waals surface area contributed by atoms with Crippen LogP contribution in [0, 0.1) is 0 Å². The number of hydrogen-bond acceptors (Lipinski definition) is 4. The minimum Gasteiger partial charge on any atom is -0.478 e. The minimum absolute atomic E-state index is 0.172. The molecule has 20 heavy (non-hydrogen) atoms. The van der Waals surface area contributed by atoms with Crippen molar-refractivity contribution in [2.45, 2.75) is 25.9 Å². The van der Waals surface area contributed by atoms with Crippen LogP contribution >= 0.6 is 0 Å². The van der Waals surface area contributed by atoms with Crippen molar-refractivity contribution in [1.29, 1.82) is 0 Å². The van der Waals surface area contributed by atoms with Gasteiger partial charge in [-0.15, -0.1) is 0 Å². The Bertz CT molecular complexity index is 539. The molecule has 1 saturated heterocycles. The SMILES string of the molecule is CCC1C(=O)NC(=O)CN1Cc1ccc(C(=O)O)cc1. The first-order valence-corrected chi connectivity index (χ1v) is 6.41. The average Bonchev–Trinajstić information content (AvgIpc) is 2.39.